The van der Waals surface area contributed by atoms with Crippen LogP contribution < -0.4 is 16.0 Å². The second kappa shape index (κ2) is 10.0. The van der Waals surface area contributed by atoms with Crippen LogP contribution in [0, 0.1) is 5.92 Å². The Labute approximate surface area is 210 Å². The molecule has 2 aromatic rings. The molecule has 3 heterocycles. The van der Waals surface area contributed by atoms with E-state index in [0.29, 0.717) is 29.5 Å². The predicted octanol–water partition coefficient (Wildman–Crippen LogP) is 2.39. The van der Waals surface area contributed by atoms with E-state index >= 15 is 0 Å². The minimum absolute atomic E-state index is 0.0431. The van der Waals surface area contributed by atoms with Crippen molar-refractivity contribution in [2.45, 2.75) is 30.7 Å². The van der Waals surface area contributed by atoms with Crippen LogP contribution in [-0.4, -0.2) is 63.4 Å². The summed E-state index contributed by atoms with van der Waals surface area (Å²) in [6.07, 6.45) is 6.13. The summed E-state index contributed by atoms with van der Waals surface area (Å²) in [6.45, 7) is 2.96. The number of ether oxygens (including phenoxy) is 2. The van der Waals surface area contributed by atoms with Gasteiger partial charge in [-0.2, -0.15) is 9.78 Å². The minimum atomic E-state index is -0.698. The Morgan fingerprint density at radius 2 is 2.00 bits per heavy atom. The number of carbonyl (C=O) groups excluding carboxylic acids is 1. The van der Waals surface area contributed by atoms with E-state index in [4.69, 9.17) is 32.7 Å². The number of aromatic nitrogens is 3. The highest BCUT2D eigenvalue weighted by atomic mass is 35.5. The van der Waals surface area contributed by atoms with E-state index in [9.17, 15) is 14.4 Å². The quantitative estimate of drug-likeness (QED) is 0.609. The van der Waals surface area contributed by atoms with Gasteiger partial charge in [0, 0.05) is 31.9 Å². The van der Waals surface area contributed by atoms with Gasteiger partial charge in [0.15, 0.2) is 6.10 Å². The third kappa shape index (κ3) is 5.07. The molecular weight excluding hydrogens is 495 g/mol. The average molecular weight is 519 g/mol. The number of nitrogens with zero attached hydrogens (tertiary/aromatic N) is 3. The zero-order chi connectivity index (χ0) is 24.5. The number of allylic oxidation sites excluding steroid dienone is 2. The molecule has 5 rings (SSSR count). The number of nitrogens with one attached hydrogen (secondary N) is 1. The van der Waals surface area contributed by atoms with Crippen LogP contribution in [0.1, 0.15) is 28.8 Å². The first kappa shape index (κ1) is 23.8. The normalized spacial score (nSPS) is 22.9. The van der Waals surface area contributed by atoms with Crippen molar-refractivity contribution >= 4 is 34.8 Å². The monoisotopic (exact) mass is 518 g/mol. The summed E-state index contributed by atoms with van der Waals surface area (Å²) in [6, 6.07) is 5.40. The standard InChI is InChI=1S/C24H24Cl2N4O5/c25-19-10-16(30-24(33)28-21(31)12-27-30)11-20(26)22(19)35-17-1-2-18-15(9-17)3-6-29(23(18)32)13-14-4-7-34-8-5-14/h1-2,9-12,14,19,22H,3-8,13H2,(H,28,31,33). The number of fused-ring (bicyclic) bond motifs is 1. The summed E-state index contributed by atoms with van der Waals surface area (Å²) in [4.78, 5) is 40.4. The molecule has 1 amide bonds. The van der Waals surface area contributed by atoms with Gasteiger partial charge in [-0.1, -0.05) is 11.6 Å². The van der Waals surface area contributed by atoms with Crippen molar-refractivity contribution in [3.05, 3.63) is 73.5 Å². The summed E-state index contributed by atoms with van der Waals surface area (Å²) >= 11 is 13.0. The van der Waals surface area contributed by atoms with Crippen LogP contribution in [0.3, 0.4) is 0 Å². The molecule has 184 valence electrons. The van der Waals surface area contributed by atoms with E-state index in [1.54, 1.807) is 18.2 Å². The lowest BCUT2D eigenvalue weighted by atomic mass is 9.95. The molecule has 2 aliphatic heterocycles. The van der Waals surface area contributed by atoms with Gasteiger partial charge in [-0.3, -0.25) is 14.6 Å². The van der Waals surface area contributed by atoms with Gasteiger partial charge in [-0.05, 0) is 61.1 Å². The first-order chi connectivity index (χ1) is 16.9. The van der Waals surface area contributed by atoms with Gasteiger partial charge in [0.1, 0.15) is 11.9 Å². The molecule has 9 nitrogen and oxygen atoms in total. The number of alkyl halides is 1. The molecule has 2 unspecified atom stereocenters. The molecule has 1 saturated heterocycles. The smallest absolute Gasteiger partial charge is 0.349 e. The molecule has 1 aromatic heterocycles. The lowest BCUT2D eigenvalue weighted by molar-refractivity contribution is 0.0449. The minimum Gasteiger partial charge on any atom is -0.483 e. The van der Waals surface area contributed by atoms with Crippen molar-refractivity contribution in [2.75, 3.05) is 26.3 Å². The maximum Gasteiger partial charge on any atom is 0.349 e. The lowest BCUT2D eigenvalue weighted by Crippen LogP contribution is -2.41. The molecule has 1 aromatic carbocycles. The third-order valence-corrected chi connectivity index (χ3v) is 7.14. The Morgan fingerprint density at radius 1 is 1.20 bits per heavy atom. The number of amides is 1. The number of hydrogen-bond donors (Lipinski definition) is 1. The first-order valence-electron chi connectivity index (χ1n) is 11.5. The number of halogens is 2. The van der Waals surface area contributed by atoms with E-state index in [0.717, 1.165) is 55.5 Å². The van der Waals surface area contributed by atoms with E-state index < -0.39 is 22.7 Å². The molecule has 0 spiro atoms. The van der Waals surface area contributed by atoms with Crippen LogP contribution >= 0.6 is 23.2 Å². The molecule has 0 bridgehead atoms. The summed E-state index contributed by atoms with van der Waals surface area (Å²) in [7, 11) is 0. The molecule has 0 saturated carbocycles. The summed E-state index contributed by atoms with van der Waals surface area (Å²) in [5.41, 5.74) is 0.653. The first-order valence-corrected chi connectivity index (χ1v) is 12.3. The predicted molar refractivity (Wildman–Crippen MR) is 131 cm³/mol. The Morgan fingerprint density at radius 3 is 2.74 bits per heavy atom. The zero-order valence-corrected chi connectivity index (χ0v) is 20.3. The second-order valence-electron chi connectivity index (χ2n) is 8.83. The molecule has 0 radical (unpaired) electrons. The summed E-state index contributed by atoms with van der Waals surface area (Å²) in [5.74, 6) is 1.08. The van der Waals surface area contributed by atoms with E-state index in [-0.39, 0.29) is 10.9 Å². The summed E-state index contributed by atoms with van der Waals surface area (Å²) in [5, 5.41) is 3.40. The fourth-order valence-corrected chi connectivity index (χ4v) is 5.28. The topological polar surface area (TPSA) is 107 Å². The van der Waals surface area contributed by atoms with Gasteiger partial charge in [0.05, 0.1) is 16.1 Å². The second-order valence-corrected chi connectivity index (χ2v) is 9.77. The van der Waals surface area contributed by atoms with Crippen molar-refractivity contribution in [3.8, 4) is 5.75 Å². The van der Waals surface area contributed by atoms with Crippen molar-refractivity contribution in [2.24, 2.45) is 5.92 Å². The largest absolute Gasteiger partial charge is 0.483 e. The average Bonchev–Trinajstić information content (AvgIpc) is 2.84. The van der Waals surface area contributed by atoms with E-state index in [1.165, 1.54) is 6.08 Å². The molecule has 35 heavy (non-hydrogen) atoms. The van der Waals surface area contributed by atoms with E-state index in [1.807, 2.05) is 11.0 Å². The highest BCUT2D eigenvalue weighted by Crippen LogP contribution is 2.32. The maximum atomic E-state index is 13.1. The fourth-order valence-electron chi connectivity index (χ4n) is 4.61. The number of H-pyrrole nitrogens is 1. The highest BCUT2D eigenvalue weighted by Gasteiger charge is 2.30. The van der Waals surface area contributed by atoms with Crippen LogP contribution in [0.15, 0.2) is 51.2 Å². The Hall–Kier alpha value is -2.88. The van der Waals surface area contributed by atoms with Crippen molar-refractivity contribution < 1.29 is 14.3 Å². The summed E-state index contributed by atoms with van der Waals surface area (Å²) < 4.78 is 12.5. The van der Waals surface area contributed by atoms with Gasteiger partial charge in [-0.15, -0.1) is 11.6 Å². The molecule has 1 N–H and O–H groups in total. The molecule has 11 heteroatoms. The highest BCUT2D eigenvalue weighted by molar-refractivity contribution is 6.33. The number of aromatic amines is 1. The van der Waals surface area contributed by atoms with Crippen molar-refractivity contribution in [1.29, 1.82) is 0 Å². The van der Waals surface area contributed by atoms with Gasteiger partial charge < -0.3 is 14.4 Å². The SMILES string of the molecule is O=C1c2ccc(OC3C(Cl)=CC(n4ncc(=O)[nH]c4=O)=CC3Cl)cc2CCN1CC1CCOCC1. The van der Waals surface area contributed by atoms with Crippen LogP contribution in [0.4, 0.5) is 0 Å². The lowest BCUT2D eigenvalue weighted by Gasteiger charge is -2.33. The fraction of sp³-hybridized carbons (Fsp3) is 0.417. The Balaban J connectivity index is 1.29. The van der Waals surface area contributed by atoms with Gasteiger partial charge in [0.25, 0.3) is 11.5 Å². The van der Waals surface area contributed by atoms with Gasteiger partial charge >= 0.3 is 5.69 Å². The molecule has 2 atom stereocenters. The number of carbonyl (C=O) groups is 1. The molecule has 1 aliphatic carbocycles. The number of benzene rings is 1. The van der Waals surface area contributed by atoms with Gasteiger partial charge in [-0.25, -0.2) is 4.79 Å². The van der Waals surface area contributed by atoms with Crippen LogP contribution in [0.5, 0.6) is 5.75 Å². The van der Waals surface area contributed by atoms with Crippen LogP contribution in [0.25, 0.3) is 5.70 Å². The Bertz CT molecular complexity index is 1310. The van der Waals surface area contributed by atoms with Crippen molar-refractivity contribution in [3.63, 3.8) is 0 Å². The van der Waals surface area contributed by atoms with Gasteiger partial charge in [0.2, 0.25) is 0 Å². The third-order valence-electron chi connectivity index (χ3n) is 6.46. The zero-order valence-electron chi connectivity index (χ0n) is 18.8. The number of rotatable bonds is 5. The van der Waals surface area contributed by atoms with E-state index in [2.05, 4.69) is 10.1 Å². The Kier molecular flexibility index (Phi) is 6.82. The van der Waals surface area contributed by atoms with Crippen LogP contribution in [0.2, 0.25) is 0 Å². The molecule has 1 fully saturated rings. The number of hydrogen-bond acceptors (Lipinski definition) is 6. The van der Waals surface area contributed by atoms with Crippen molar-refractivity contribution in [1.82, 2.24) is 19.7 Å². The molecule has 3 aliphatic rings. The maximum absolute atomic E-state index is 13.1. The molecular formula is C24H24Cl2N4O5. The van der Waals surface area contributed by atoms with Crippen LogP contribution in [-0.2, 0) is 11.2 Å².